The van der Waals surface area contributed by atoms with E-state index in [4.69, 9.17) is 9.84 Å². The Morgan fingerprint density at radius 1 is 1.29 bits per heavy atom. The summed E-state index contributed by atoms with van der Waals surface area (Å²) < 4.78 is 4.99. The molecule has 0 amide bonds. The van der Waals surface area contributed by atoms with Crippen LogP contribution in [0.1, 0.15) is 12.0 Å². The number of carboxylic acid groups (broad SMARTS) is 1. The summed E-state index contributed by atoms with van der Waals surface area (Å²) >= 11 is 0. The minimum atomic E-state index is -2.48. The van der Waals surface area contributed by atoms with Crippen LogP contribution in [0.5, 0.6) is 0 Å². The summed E-state index contributed by atoms with van der Waals surface area (Å²) in [5.74, 6) is -4.48. The summed E-state index contributed by atoms with van der Waals surface area (Å²) in [6.07, 6.45) is 0.603. The maximum atomic E-state index is 11.4. The second-order valence-electron chi connectivity index (χ2n) is 3.71. The molecule has 0 fully saturated rings. The molecule has 0 spiro atoms. The summed E-state index contributed by atoms with van der Waals surface area (Å²) in [4.78, 5) is 22.2. The van der Waals surface area contributed by atoms with E-state index in [0.29, 0.717) is 5.56 Å². The summed E-state index contributed by atoms with van der Waals surface area (Å²) in [6.45, 7) is 0. The van der Waals surface area contributed by atoms with Gasteiger partial charge in [-0.2, -0.15) is 0 Å². The van der Waals surface area contributed by atoms with Gasteiger partial charge in [0, 0.05) is 11.6 Å². The van der Waals surface area contributed by atoms with Crippen LogP contribution in [0.25, 0.3) is 5.76 Å². The van der Waals surface area contributed by atoms with Crippen molar-refractivity contribution >= 4 is 17.5 Å². The van der Waals surface area contributed by atoms with Crippen LogP contribution in [0, 0.1) is 0 Å². The molecular weight excluding hydrogens is 224 g/mol. The van der Waals surface area contributed by atoms with Gasteiger partial charge in [0.15, 0.2) is 5.78 Å². The van der Waals surface area contributed by atoms with Crippen molar-refractivity contribution in [3.05, 3.63) is 42.0 Å². The van der Waals surface area contributed by atoms with Gasteiger partial charge in [-0.1, -0.05) is 30.3 Å². The maximum Gasteiger partial charge on any atom is 0.377 e. The standard InChI is InChI=1S/C12H10O5/c13-9-6-10(8-4-2-1-3-5-8)17-12(16,7-9)11(14)15/h1-6,16H,7H2,(H,14,15). The number of ketones is 1. The minimum Gasteiger partial charge on any atom is -0.476 e. The predicted octanol–water partition coefficient (Wildman–Crippen LogP) is 0.790. The Kier molecular flexibility index (Phi) is 2.69. The molecule has 0 aliphatic carbocycles. The van der Waals surface area contributed by atoms with Crippen LogP contribution >= 0.6 is 0 Å². The molecule has 1 heterocycles. The normalized spacial score (nSPS) is 23.8. The summed E-state index contributed by atoms with van der Waals surface area (Å²) in [5.41, 5.74) is 0.542. The van der Waals surface area contributed by atoms with Crippen LogP contribution in [0.3, 0.4) is 0 Å². The van der Waals surface area contributed by atoms with Crippen LogP contribution in [0.2, 0.25) is 0 Å². The zero-order valence-corrected chi connectivity index (χ0v) is 8.79. The SMILES string of the molecule is O=C1C=C(c2ccccc2)OC(O)(C(=O)O)C1. The number of hydrogen-bond acceptors (Lipinski definition) is 4. The Balaban J connectivity index is 2.37. The summed E-state index contributed by atoms with van der Waals surface area (Å²) in [5, 5.41) is 18.5. The van der Waals surface area contributed by atoms with Crippen LogP contribution in [-0.2, 0) is 14.3 Å². The number of aliphatic carboxylic acids is 1. The van der Waals surface area contributed by atoms with Crippen LogP contribution in [-0.4, -0.2) is 27.8 Å². The van der Waals surface area contributed by atoms with Crippen molar-refractivity contribution in [2.45, 2.75) is 12.2 Å². The molecule has 5 nitrogen and oxygen atoms in total. The molecule has 0 saturated carbocycles. The molecule has 0 saturated heterocycles. The Hall–Kier alpha value is -2.14. The highest BCUT2D eigenvalue weighted by Gasteiger charge is 2.44. The first-order valence-corrected chi connectivity index (χ1v) is 4.96. The molecule has 1 unspecified atom stereocenters. The van der Waals surface area contributed by atoms with E-state index in [9.17, 15) is 14.7 Å². The third kappa shape index (κ3) is 2.19. The monoisotopic (exact) mass is 234 g/mol. The first kappa shape index (κ1) is 11.3. The number of allylic oxidation sites excluding steroid dienone is 1. The Bertz CT molecular complexity index is 491. The minimum absolute atomic E-state index is 0.0618. The van der Waals surface area contributed by atoms with Crippen LogP contribution in [0.15, 0.2) is 36.4 Å². The maximum absolute atomic E-state index is 11.4. The van der Waals surface area contributed by atoms with Crippen LogP contribution < -0.4 is 0 Å². The number of carboxylic acids is 1. The fraction of sp³-hybridized carbons (Fsp3) is 0.167. The number of carbonyl (C=O) groups is 2. The molecule has 2 N–H and O–H groups in total. The second kappa shape index (κ2) is 4.03. The van der Waals surface area contributed by atoms with Gasteiger partial charge in [0.1, 0.15) is 5.76 Å². The lowest BCUT2D eigenvalue weighted by molar-refractivity contribution is -0.205. The average Bonchev–Trinajstić information content (AvgIpc) is 2.29. The summed E-state index contributed by atoms with van der Waals surface area (Å²) in [7, 11) is 0. The smallest absolute Gasteiger partial charge is 0.377 e. The van der Waals surface area contributed by atoms with E-state index >= 15 is 0 Å². The molecular formula is C12H10O5. The van der Waals surface area contributed by atoms with E-state index in [-0.39, 0.29) is 5.76 Å². The third-order valence-corrected chi connectivity index (χ3v) is 2.38. The largest absolute Gasteiger partial charge is 0.476 e. The van der Waals surface area contributed by atoms with Gasteiger partial charge in [-0.25, -0.2) is 4.79 Å². The van der Waals surface area contributed by atoms with Gasteiger partial charge >= 0.3 is 11.8 Å². The Morgan fingerprint density at radius 3 is 2.53 bits per heavy atom. The summed E-state index contributed by atoms with van der Waals surface area (Å²) in [6, 6.07) is 8.54. The lowest BCUT2D eigenvalue weighted by Crippen LogP contribution is -2.44. The lowest BCUT2D eigenvalue weighted by atomic mass is 10.0. The molecule has 5 heteroatoms. The highest BCUT2D eigenvalue weighted by Crippen LogP contribution is 2.29. The number of benzene rings is 1. The highest BCUT2D eigenvalue weighted by molar-refractivity contribution is 6.00. The quantitative estimate of drug-likeness (QED) is 0.790. The van der Waals surface area contributed by atoms with Crippen molar-refractivity contribution in [3.63, 3.8) is 0 Å². The number of aliphatic hydroxyl groups is 1. The van der Waals surface area contributed by atoms with Gasteiger partial charge in [0.05, 0.1) is 6.42 Å². The molecule has 2 rings (SSSR count). The predicted molar refractivity (Wildman–Crippen MR) is 57.7 cm³/mol. The van der Waals surface area contributed by atoms with E-state index < -0.39 is 24.0 Å². The molecule has 88 valence electrons. The van der Waals surface area contributed by atoms with Gasteiger partial charge in [-0.15, -0.1) is 0 Å². The second-order valence-corrected chi connectivity index (χ2v) is 3.71. The topological polar surface area (TPSA) is 83.8 Å². The van der Waals surface area contributed by atoms with E-state index in [1.54, 1.807) is 30.3 Å². The average molecular weight is 234 g/mol. The van der Waals surface area contributed by atoms with Crippen molar-refractivity contribution in [1.29, 1.82) is 0 Å². The fourth-order valence-corrected chi connectivity index (χ4v) is 1.54. The van der Waals surface area contributed by atoms with Crippen molar-refractivity contribution in [3.8, 4) is 0 Å². The van der Waals surface area contributed by atoms with Crippen molar-refractivity contribution in [2.75, 3.05) is 0 Å². The highest BCUT2D eigenvalue weighted by atomic mass is 16.6. The molecule has 17 heavy (non-hydrogen) atoms. The van der Waals surface area contributed by atoms with Crippen LogP contribution in [0.4, 0.5) is 0 Å². The van der Waals surface area contributed by atoms with E-state index in [2.05, 4.69) is 0 Å². The molecule has 0 aromatic heterocycles. The molecule has 1 atom stereocenters. The van der Waals surface area contributed by atoms with Gasteiger partial charge < -0.3 is 14.9 Å². The van der Waals surface area contributed by atoms with Crippen molar-refractivity contribution in [1.82, 2.24) is 0 Å². The zero-order valence-electron chi connectivity index (χ0n) is 8.79. The lowest BCUT2D eigenvalue weighted by Gasteiger charge is -2.28. The first-order valence-electron chi connectivity index (χ1n) is 4.96. The van der Waals surface area contributed by atoms with Gasteiger partial charge in [-0.05, 0) is 0 Å². The van der Waals surface area contributed by atoms with Crippen molar-refractivity contribution in [2.24, 2.45) is 0 Å². The number of ether oxygens (including phenoxy) is 1. The fourth-order valence-electron chi connectivity index (χ4n) is 1.54. The number of rotatable bonds is 2. The van der Waals surface area contributed by atoms with Gasteiger partial charge in [0.25, 0.3) is 0 Å². The Morgan fingerprint density at radius 2 is 1.94 bits per heavy atom. The molecule has 1 aliphatic rings. The molecule has 1 aromatic rings. The van der Waals surface area contributed by atoms with Gasteiger partial charge in [0.2, 0.25) is 0 Å². The van der Waals surface area contributed by atoms with Crippen molar-refractivity contribution < 1.29 is 24.5 Å². The van der Waals surface area contributed by atoms with Gasteiger partial charge in [-0.3, -0.25) is 4.79 Å². The molecule has 1 aliphatic heterocycles. The Labute approximate surface area is 97.0 Å². The van der Waals surface area contributed by atoms with E-state index in [1.165, 1.54) is 6.08 Å². The number of hydrogen-bond donors (Lipinski definition) is 2. The van der Waals surface area contributed by atoms with E-state index in [0.717, 1.165) is 0 Å². The number of carbonyl (C=O) groups excluding carboxylic acids is 1. The third-order valence-electron chi connectivity index (χ3n) is 2.38. The first-order chi connectivity index (χ1) is 8.01. The zero-order chi connectivity index (χ0) is 12.5. The molecule has 0 bridgehead atoms. The molecule has 0 radical (unpaired) electrons. The molecule has 1 aromatic carbocycles. The van der Waals surface area contributed by atoms with E-state index in [1.807, 2.05) is 0 Å².